The maximum Gasteiger partial charge on any atom is 0.120 e. The first-order chi connectivity index (χ1) is 17.7. The number of fused-ring (bicyclic) bond motifs is 7. The molecule has 0 amide bonds. The number of rotatable bonds is 1. The minimum absolute atomic E-state index is 0.0667. The van der Waals surface area contributed by atoms with E-state index < -0.39 is 16.4 Å². The Labute approximate surface area is 223 Å². The number of H-pyrrole nitrogens is 1. The number of allylic oxidation sites excluding steroid dienone is 1. The van der Waals surface area contributed by atoms with Crippen LogP contribution in [-0.2, 0) is 32.6 Å². The van der Waals surface area contributed by atoms with Crippen molar-refractivity contribution >= 4 is 10.8 Å². The predicted octanol–water partition coefficient (Wildman–Crippen LogP) is 4.80. The van der Waals surface area contributed by atoms with Gasteiger partial charge in [-0.2, -0.15) is 5.10 Å². The highest BCUT2D eigenvalue weighted by atomic mass is 32.2. The third-order valence-corrected chi connectivity index (χ3v) is 12.8. The van der Waals surface area contributed by atoms with Crippen molar-refractivity contribution in [2.45, 2.75) is 103 Å². The summed E-state index contributed by atoms with van der Waals surface area (Å²) < 4.78 is 23.9. The van der Waals surface area contributed by atoms with E-state index in [4.69, 9.17) is 9.88 Å². The van der Waals surface area contributed by atoms with Gasteiger partial charge in [-0.1, -0.05) is 31.9 Å². The van der Waals surface area contributed by atoms with Crippen LogP contribution in [0.2, 0.25) is 0 Å². The summed E-state index contributed by atoms with van der Waals surface area (Å²) in [7, 11) is -1.72. The number of hydrogen-bond acceptors (Lipinski definition) is 6. The number of aromatic nitrogens is 2. The van der Waals surface area contributed by atoms with Crippen molar-refractivity contribution in [3.8, 4) is 0 Å². The van der Waals surface area contributed by atoms with Crippen molar-refractivity contribution < 1.29 is 8.95 Å². The lowest BCUT2D eigenvalue weighted by Gasteiger charge is -2.52. The highest BCUT2D eigenvalue weighted by Crippen LogP contribution is 2.65. The molecule has 0 aromatic carbocycles. The molecule has 1 aromatic rings. The maximum atomic E-state index is 12.2. The second-order valence-electron chi connectivity index (χ2n) is 13.9. The number of aromatic amines is 1. The van der Waals surface area contributed by atoms with Crippen molar-refractivity contribution in [2.75, 3.05) is 6.54 Å². The van der Waals surface area contributed by atoms with Crippen LogP contribution in [0, 0.1) is 40.9 Å². The molecular weight excluding hydrogens is 482 g/mol. The molecular formula is C29H44N5O2S-. The molecule has 4 aliphatic carbocycles. The number of nitrogens with two attached hydrogens (primary N) is 1. The first-order valence-electron chi connectivity index (χ1n) is 14.7. The van der Waals surface area contributed by atoms with Crippen LogP contribution in [0.1, 0.15) is 83.9 Å². The van der Waals surface area contributed by atoms with E-state index in [0.717, 1.165) is 43.6 Å². The van der Waals surface area contributed by atoms with E-state index in [1.165, 1.54) is 49.8 Å². The van der Waals surface area contributed by atoms with Gasteiger partial charge in [0, 0.05) is 18.2 Å². The van der Waals surface area contributed by atoms with E-state index >= 15 is 0 Å². The standard InChI is InChI=1S/C29H44N5O2S/c1-16-9-26-29(31-14-16,34-37(30)35)18(3)28(36-26)8-7-21-22-6-5-20-10-25-19(15-32-33-25)13-27(20,4)24(22)11-23(21)17(2)12-28/h15-16,18,20-22,24,26,31H,5-14H2,1-4H3,(H,32,33)(H2,30,34,35)/q-1/t16-,18-,20+,21-,22-,24?,26+,27-,28?,29+/m0/s1. The van der Waals surface area contributed by atoms with Gasteiger partial charge in [0.1, 0.15) is 5.66 Å². The third-order valence-electron chi connectivity index (χ3n) is 12.3. The van der Waals surface area contributed by atoms with Crippen LogP contribution in [0.15, 0.2) is 21.7 Å². The fourth-order valence-corrected chi connectivity index (χ4v) is 11.0. The molecule has 2 saturated carbocycles. The molecule has 0 radical (unpaired) electrons. The Hall–Kier alpha value is -1.22. The molecule has 4 fully saturated rings. The molecule has 1 aromatic heterocycles. The number of piperidine rings is 1. The molecule has 10 atom stereocenters. The van der Waals surface area contributed by atoms with Crippen molar-refractivity contribution in [3.63, 3.8) is 0 Å². The van der Waals surface area contributed by atoms with Crippen LogP contribution in [-0.4, -0.2) is 34.1 Å². The molecule has 7 nitrogen and oxygen atoms in total. The van der Waals surface area contributed by atoms with Gasteiger partial charge in [-0.3, -0.25) is 10.4 Å². The lowest BCUT2D eigenvalue weighted by molar-refractivity contribution is -0.0767. The number of hydrogen-bond donors (Lipinski definition) is 3. The lowest BCUT2D eigenvalue weighted by atomic mass is 9.52. The van der Waals surface area contributed by atoms with E-state index in [2.05, 4.69) is 53.8 Å². The van der Waals surface area contributed by atoms with Crippen molar-refractivity contribution in [2.24, 2.45) is 50.4 Å². The van der Waals surface area contributed by atoms with Gasteiger partial charge in [0.25, 0.3) is 0 Å². The quantitative estimate of drug-likeness (QED) is 0.361. The zero-order chi connectivity index (χ0) is 25.7. The summed E-state index contributed by atoms with van der Waals surface area (Å²) >= 11 is 0. The second kappa shape index (κ2) is 8.39. The van der Waals surface area contributed by atoms with Crippen molar-refractivity contribution in [3.05, 3.63) is 28.6 Å². The first kappa shape index (κ1) is 24.8. The van der Waals surface area contributed by atoms with Crippen molar-refractivity contribution in [1.29, 1.82) is 0 Å². The maximum absolute atomic E-state index is 12.2. The molecule has 37 heavy (non-hydrogen) atoms. The van der Waals surface area contributed by atoms with Gasteiger partial charge in [0.15, 0.2) is 0 Å². The van der Waals surface area contributed by atoms with Crippen LogP contribution in [0.25, 0.3) is 0 Å². The van der Waals surface area contributed by atoms with Crippen LogP contribution in [0.5, 0.6) is 0 Å². The molecule has 2 unspecified atom stereocenters. The van der Waals surface area contributed by atoms with Crippen LogP contribution in [0.4, 0.5) is 0 Å². The van der Waals surface area contributed by atoms with Gasteiger partial charge < -0.3 is 18.4 Å². The smallest absolute Gasteiger partial charge is 0.120 e. The molecule has 204 valence electrons. The average Bonchev–Trinajstić information content (AvgIpc) is 3.48. The summed E-state index contributed by atoms with van der Waals surface area (Å²) in [5.74, 6) is 3.63. The molecule has 8 heteroatoms. The van der Waals surface area contributed by atoms with Crippen LogP contribution >= 0.6 is 0 Å². The monoisotopic (exact) mass is 526 g/mol. The average molecular weight is 527 g/mol. The van der Waals surface area contributed by atoms with E-state index in [-0.39, 0.29) is 17.6 Å². The second-order valence-corrected chi connectivity index (χ2v) is 14.7. The highest BCUT2D eigenvalue weighted by Gasteiger charge is 2.64. The molecule has 3 heterocycles. The lowest BCUT2D eigenvalue weighted by Crippen LogP contribution is -2.60. The number of ether oxygens (including phenoxy) is 1. The van der Waals surface area contributed by atoms with Gasteiger partial charge in [-0.05, 0) is 105 Å². The van der Waals surface area contributed by atoms with Gasteiger partial charge in [-0.15, -0.1) is 10.8 Å². The van der Waals surface area contributed by atoms with Crippen molar-refractivity contribution in [1.82, 2.24) is 15.5 Å². The van der Waals surface area contributed by atoms with Gasteiger partial charge in [0.05, 0.1) is 17.9 Å². The normalized spacial score (nSPS) is 49.7. The Morgan fingerprint density at radius 3 is 2.86 bits per heavy atom. The van der Waals surface area contributed by atoms with E-state index in [1.807, 2.05) is 0 Å². The Morgan fingerprint density at radius 1 is 1.22 bits per heavy atom. The summed E-state index contributed by atoms with van der Waals surface area (Å²) in [6.07, 6.45) is 12.5. The predicted molar refractivity (Wildman–Crippen MR) is 144 cm³/mol. The third kappa shape index (κ3) is 3.47. The zero-order valence-corrected chi connectivity index (χ0v) is 23.7. The van der Waals surface area contributed by atoms with Gasteiger partial charge in [0.2, 0.25) is 0 Å². The molecule has 6 aliphatic rings. The largest absolute Gasteiger partial charge is 0.430 e. The van der Waals surface area contributed by atoms with E-state index in [1.54, 1.807) is 11.1 Å². The van der Waals surface area contributed by atoms with E-state index in [0.29, 0.717) is 17.3 Å². The molecule has 2 saturated heterocycles. The molecule has 0 bridgehead atoms. The van der Waals surface area contributed by atoms with E-state index in [9.17, 15) is 4.21 Å². The van der Waals surface area contributed by atoms with Crippen LogP contribution in [0.3, 0.4) is 0 Å². The summed E-state index contributed by atoms with van der Waals surface area (Å²) in [4.78, 5) is 0. The van der Waals surface area contributed by atoms with Gasteiger partial charge in [-0.25, -0.2) is 0 Å². The SMILES string of the molecule is CC1=C2CC3[C@@H](CC[C@@H]4Cc5[nH]ncc5C[C@]34C)[C@@H]2CCC2(C1)O[C@@H]1C[C@H](C)CN[C@@]1(N=[S-](N)=O)[C@H]2C. The Balaban J connectivity index is 1.21. The fraction of sp³-hybridized carbons (Fsp3) is 0.828. The number of nitrogens with zero attached hydrogens (tertiary/aromatic N) is 2. The number of nitrogens with one attached hydrogen (secondary N) is 2. The van der Waals surface area contributed by atoms with Gasteiger partial charge >= 0.3 is 0 Å². The minimum Gasteiger partial charge on any atom is -0.430 e. The zero-order valence-electron chi connectivity index (χ0n) is 22.9. The minimum atomic E-state index is -1.72. The molecule has 4 N–H and O–H groups in total. The molecule has 2 aliphatic heterocycles. The summed E-state index contributed by atoms with van der Waals surface area (Å²) in [5, 5.41) is 17.1. The highest BCUT2D eigenvalue weighted by molar-refractivity contribution is 7.72. The Kier molecular flexibility index (Phi) is 5.62. The first-order valence-corrected chi connectivity index (χ1v) is 15.8. The summed E-state index contributed by atoms with van der Waals surface area (Å²) in [6, 6.07) is 0. The van der Waals surface area contributed by atoms with Crippen LogP contribution < -0.4 is 10.5 Å². The summed E-state index contributed by atoms with van der Waals surface area (Å²) in [6.45, 7) is 10.4. The molecule has 7 rings (SSSR count). The Bertz CT molecular complexity index is 1220. The fourth-order valence-electron chi connectivity index (χ4n) is 10.3. The molecule has 1 spiro atoms. The summed E-state index contributed by atoms with van der Waals surface area (Å²) in [5.41, 5.74) is 5.61. The topological polar surface area (TPSA) is 105 Å². The Morgan fingerprint density at radius 2 is 2.05 bits per heavy atom.